The molecule has 0 atom stereocenters. The first-order valence-electron chi connectivity index (χ1n) is 7.02. The van der Waals surface area contributed by atoms with Crippen LogP contribution >= 0.6 is 0 Å². The van der Waals surface area contributed by atoms with E-state index in [0.717, 1.165) is 35.8 Å². The van der Waals surface area contributed by atoms with Gasteiger partial charge in [-0.3, -0.25) is 4.98 Å². The van der Waals surface area contributed by atoms with Crippen molar-refractivity contribution in [1.82, 2.24) is 9.97 Å². The summed E-state index contributed by atoms with van der Waals surface area (Å²) in [6.07, 6.45) is 4.73. The number of nitrogens with zero attached hydrogens (tertiary/aromatic N) is 2. The smallest absolute Gasteiger partial charge is 0.145 e. The van der Waals surface area contributed by atoms with E-state index in [-0.39, 0.29) is 6.10 Å². The minimum absolute atomic E-state index is 0.161. The van der Waals surface area contributed by atoms with Crippen LogP contribution in [0.1, 0.15) is 27.2 Å². The fourth-order valence-electron chi connectivity index (χ4n) is 1.84. The Morgan fingerprint density at radius 1 is 1.25 bits per heavy atom. The van der Waals surface area contributed by atoms with E-state index in [1.807, 2.05) is 38.1 Å². The molecule has 0 fully saturated rings. The Morgan fingerprint density at radius 3 is 2.85 bits per heavy atom. The monoisotopic (exact) mass is 271 g/mol. The lowest BCUT2D eigenvalue weighted by molar-refractivity contribution is 0.242. The van der Waals surface area contributed by atoms with Crippen molar-refractivity contribution in [2.45, 2.75) is 33.3 Å². The number of anilines is 1. The lowest BCUT2D eigenvalue weighted by Crippen LogP contribution is -2.05. The Hall–Kier alpha value is -2.10. The van der Waals surface area contributed by atoms with Gasteiger partial charge in [-0.05, 0) is 32.4 Å². The van der Waals surface area contributed by atoms with Crippen LogP contribution in [-0.4, -0.2) is 22.6 Å². The third kappa shape index (κ3) is 3.95. The standard InChI is InChI=1S/C16H21N3O/c1-4-8-18-16-11-17-10-15(19-16)13-6-5-7-14(9-13)20-12(2)3/h5-7,9-12H,4,8H2,1-3H3,(H,18,19). The maximum Gasteiger partial charge on any atom is 0.145 e. The number of aromatic nitrogens is 2. The molecule has 2 aromatic rings. The molecule has 0 amide bonds. The van der Waals surface area contributed by atoms with Gasteiger partial charge in [0.1, 0.15) is 11.6 Å². The molecule has 20 heavy (non-hydrogen) atoms. The number of nitrogens with one attached hydrogen (secondary N) is 1. The molecular weight excluding hydrogens is 250 g/mol. The molecule has 1 aromatic heterocycles. The second kappa shape index (κ2) is 6.89. The van der Waals surface area contributed by atoms with Crippen LogP contribution in [0.2, 0.25) is 0 Å². The molecule has 106 valence electrons. The summed E-state index contributed by atoms with van der Waals surface area (Å²) in [5.41, 5.74) is 1.86. The third-order valence-electron chi connectivity index (χ3n) is 2.69. The zero-order valence-electron chi connectivity index (χ0n) is 12.3. The highest BCUT2D eigenvalue weighted by molar-refractivity contribution is 5.61. The van der Waals surface area contributed by atoms with Gasteiger partial charge >= 0.3 is 0 Å². The fourth-order valence-corrected chi connectivity index (χ4v) is 1.84. The van der Waals surface area contributed by atoms with Crippen LogP contribution in [0, 0.1) is 0 Å². The average molecular weight is 271 g/mol. The van der Waals surface area contributed by atoms with Gasteiger partial charge in [0.2, 0.25) is 0 Å². The zero-order valence-corrected chi connectivity index (χ0v) is 12.3. The highest BCUT2D eigenvalue weighted by Gasteiger charge is 2.04. The van der Waals surface area contributed by atoms with E-state index >= 15 is 0 Å². The maximum atomic E-state index is 5.71. The van der Waals surface area contributed by atoms with Crippen LogP contribution in [0.25, 0.3) is 11.3 Å². The van der Waals surface area contributed by atoms with Gasteiger partial charge in [-0.2, -0.15) is 0 Å². The van der Waals surface area contributed by atoms with Gasteiger partial charge in [0, 0.05) is 12.1 Å². The quantitative estimate of drug-likeness (QED) is 0.869. The fraction of sp³-hybridized carbons (Fsp3) is 0.375. The number of benzene rings is 1. The van der Waals surface area contributed by atoms with Crippen molar-refractivity contribution >= 4 is 5.82 Å². The van der Waals surface area contributed by atoms with Crippen LogP contribution in [0.15, 0.2) is 36.7 Å². The minimum atomic E-state index is 0.161. The molecular formula is C16H21N3O. The first-order valence-corrected chi connectivity index (χ1v) is 7.02. The Bertz CT molecular complexity index is 555. The summed E-state index contributed by atoms with van der Waals surface area (Å²) < 4.78 is 5.71. The first-order chi connectivity index (χ1) is 9.69. The lowest BCUT2D eigenvalue weighted by Gasteiger charge is -2.11. The highest BCUT2D eigenvalue weighted by Crippen LogP contribution is 2.23. The average Bonchev–Trinajstić information content (AvgIpc) is 2.45. The lowest BCUT2D eigenvalue weighted by atomic mass is 10.1. The Morgan fingerprint density at radius 2 is 2.10 bits per heavy atom. The summed E-state index contributed by atoms with van der Waals surface area (Å²) in [4.78, 5) is 8.81. The summed E-state index contributed by atoms with van der Waals surface area (Å²) in [7, 11) is 0. The molecule has 0 saturated carbocycles. The molecule has 1 aromatic carbocycles. The number of hydrogen-bond acceptors (Lipinski definition) is 4. The second-order valence-corrected chi connectivity index (χ2v) is 4.91. The van der Waals surface area contributed by atoms with Crippen molar-refractivity contribution in [3.63, 3.8) is 0 Å². The molecule has 0 spiro atoms. The van der Waals surface area contributed by atoms with Gasteiger partial charge < -0.3 is 10.1 Å². The third-order valence-corrected chi connectivity index (χ3v) is 2.69. The highest BCUT2D eigenvalue weighted by atomic mass is 16.5. The minimum Gasteiger partial charge on any atom is -0.491 e. The van der Waals surface area contributed by atoms with Crippen LogP contribution < -0.4 is 10.1 Å². The normalized spacial score (nSPS) is 10.6. The molecule has 0 aliphatic heterocycles. The van der Waals surface area contributed by atoms with Crippen LogP contribution in [0.3, 0.4) is 0 Å². The van der Waals surface area contributed by atoms with E-state index in [0.29, 0.717) is 0 Å². The predicted molar refractivity (Wildman–Crippen MR) is 82.0 cm³/mol. The molecule has 1 N–H and O–H groups in total. The molecule has 0 radical (unpaired) electrons. The van der Waals surface area contributed by atoms with Gasteiger partial charge in [0.15, 0.2) is 0 Å². The summed E-state index contributed by atoms with van der Waals surface area (Å²) in [5.74, 6) is 1.66. The molecule has 0 aliphatic rings. The van der Waals surface area contributed by atoms with Crippen molar-refractivity contribution in [1.29, 1.82) is 0 Å². The largest absolute Gasteiger partial charge is 0.491 e. The molecule has 0 unspecified atom stereocenters. The SMILES string of the molecule is CCCNc1cncc(-c2cccc(OC(C)C)c2)n1. The molecule has 4 nitrogen and oxygen atoms in total. The van der Waals surface area contributed by atoms with Crippen LogP contribution in [-0.2, 0) is 0 Å². The molecule has 1 heterocycles. The van der Waals surface area contributed by atoms with E-state index in [9.17, 15) is 0 Å². The predicted octanol–water partition coefficient (Wildman–Crippen LogP) is 3.75. The van der Waals surface area contributed by atoms with Crippen molar-refractivity contribution in [2.75, 3.05) is 11.9 Å². The summed E-state index contributed by atoms with van der Waals surface area (Å²) in [5, 5.41) is 3.25. The van der Waals surface area contributed by atoms with Crippen molar-refractivity contribution in [3.05, 3.63) is 36.7 Å². The number of hydrogen-bond donors (Lipinski definition) is 1. The van der Waals surface area contributed by atoms with Crippen molar-refractivity contribution in [2.24, 2.45) is 0 Å². The molecule has 4 heteroatoms. The maximum absolute atomic E-state index is 5.71. The van der Waals surface area contributed by atoms with Gasteiger partial charge in [-0.1, -0.05) is 19.1 Å². The molecule has 0 bridgehead atoms. The second-order valence-electron chi connectivity index (χ2n) is 4.91. The van der Waals surface area contributed by atoms with Crippen LogP contribution in [0.5, 0.6) is 5.75 Å². The van der Waals surface area contributed by atoms with Crippen molar-refractivity contribution in [3.8, 4) is 17.0 Å². The topological polar surface area (TPSA) is 47.0 Å². The summed E-state index contributed by atoms with van der Waals surface area (Å²) in [6.45, 7) is 7.05. The number of rotatable bonds is 6. The Balaban J connectivity index is 2.22. The summed E-state index contributed by atoms with van der Waals surface area (Å²) in [6, 6.07) is 7.94. The van der Waals surface area contributed by atoms with E-state index in [2.05, 4.69) is 22.2 Å². The number of ether oxygens (including phenoxy) is 1. The first kappa shape index (κ1) is 14.3. The van der Waals surface area contributed by atoms with E-state index < -0.39 is 0 Å². The summed E-state index contributed by atoms with van der Waals surface area (Å²) >= 11 is 0. The van der Waals surface area contributed by atoms with E-state index in [4.69, 9.17) is 4.74 Å². The van der Waals surface area contributed by atoms with Crippen LogP contribution in [0.4, 0.5) is 5.82 Å². The van der Waals surface area contributed by atoms with E-state index in [1.54, 1.807) is 12.4 Å². The Kier molecular flexibility index (Phi) is 4.93. The Labute approximate surface area is 120 Å². The molecule has 0 aliphatic carbocycles. The van der Waals surface area contributed by atoms with Crippen molar-refractivity contribution < 1.29 is 4.74 Å². The van der Waals surface area contributed by atoms with Gasteiger partial charge in [-0.25, -0.2) is 4.98 Å². The van der Waals surface area contributed by atoms with Gasteiger partial charge in [-0.15, -0.1) is 0 Å². The molecule has 0 saturated heterocycles. The van der Waals surface area contributed by atoms with Gasteiger partial charge in [0.05, 0.1) is 24.2 Å². The van der Waals surface area contributed by atoms with Gasteiger partial charge in [0.25, 0.3) is 0 Å². The van der Waals surface area contributed by atoms with E-state index in [1.165, 1.54) is 0 Å². The zero-order chi connectivity index (χ0) is 14.4. The molecule has 2 rings (SSSR count).